The Balaban J connectivity index is 1.54. The number of hydrogen-bond donors (Lipinski definition) is 1. The summed E-state index contributed by atoms with van der Waals surface area (Å²) in [6, 6.07) is 18.7. The molecule has 1 saturated heterocycles. The number of para-hydroxylation sites is 1. The third kappa shape index (κ3) is 5.63. The molecule has 0 bridgehead atoms. The van der Waals surface area contributed by atoms with Crippen LogP contribution in [0.25, 0.3) is 0 Å². The summed E-state index contributed by atoms with van der Waals surface area (Å²) >= 11 is 0. The summed E-state index contributed by atoms with van der Waals surface area (Å²) in [5.41, 5.74) is 1.01. The van der Waals surface area contributed by atoms with Gasteiger partial charge in [0.2, 0.25) is 10.0 Å². The average molecular weight is 544 g/mol. The van der Waals surface area contributed by atoms with E-state index in [1.54, 1.807) is 36.4 Å². The van der Waals surface area contributed by atoms with Gasteiger partial charge in [0.25, 0.3) is 15.9 Å². The van der Waals surface area contributed by atoms with Crippen LogP contribution in [0, 0.1) is 0 Å². The molecule has 1 aliphatic rings. The molecule has 3 aromatic carbocycles. The molecule has 0 spiro atoms. The molecule has 0 unspecified atom stereocenters. The first-order valence-corrected chi connectivity index (χ1v) is 14.7. The maximum absolute atomic E-state index is 13.2. The lowest BCUT2D eigenvalue weighted by Gasteiger charge is -2.26. The van der Waals surface area contributed by atoms with Gasteiger partial charge in [-0.05, 0) is 67.4 Å². The molecular formula is C26H29N3O6S2. The smallest absolute Gasteiger partial charge is 0.264 e. The highest BCUT2D eigenvalue weighted by molar-refractivity contribution is 7.92. The second-order valence-corrected chi connectivity index (χ2v) is 12.5. The SMILES string of the molecule is COc1ccc(NC(=O)c2ccc(S(=O)(=O)N(C)c3ccccc3)cc2)cc1S(=O)(=O)N1CCCCC1. The van der Waals surface area contributed by atoms with E-state index in [0.29, 0.717) is 18.8 Å². The summed E-state index contributed by atoms with van der Waals surface area (Å²) in [6.45, 7) is 0.883. The number of piperidine rings is 1. The Hall–Kier alpha value is -3.41. The Kier molecular flexibility index (Phi) is 7.86. The Bertz CT molecular complexity index is 1470. The Labute approximate surface area is 217 Å². The van der Waals surface area contributed by atoms with Gasteiger partial charge < -0.3 is 10.1 Å². The zero-order valence-corrected chi connectivity index (χ0v) is 22.3. The van der Waals surface area contributed by atoms with Crippen molar-refractivity contribution >= 4 is 37.3 Å². The van der Waals surface area contributed by atoms with Crippen molar-refractivity contribution in [2.75, 3.05) is 36.9 Å². The van der Waals surface area contributed by atoms with E-state index in [2.05, 4.69) is 5.32 Å². The average Bonchev–Trinajstić information content (AvgIpc) is 2.93. The number of nitrogens with zero attached hydrogens (tertiary/aromatic N) is 2. The lowest BCUT2D eigenvalue weighted by atomic mass is 10.2. The summed E-state index contributed by atoms with van der Waals surface area (Å²) < 4.78 is 60.3. The number of carbonyl (C=O) groups is 1. The van der Waals surface area contributed by atoms with Crippen molar-refractivity contribution in [3.63, 3.8) is 0 Å². The molecule has 1 aliphatic heterocycles. The van der Waals surface area contributed by atoms with Gasteiger partial charge in [-0.1, -0.05) is 24.6 Å². The standard InChI is InChI=1S/C26H29N3O6S2/c1-28(22-9-5-3-6-10-22)36(31,32)23-14-11-20(12-15-23)26(30)27-21-13-16-24(35-2)25(19-21)37(33,34)29-17-7-4-8-18-29/h3,5-6,9-16,19H,4,7-8,17-18H2,1-2H3,(H,27,30). The molecule has 0 aromatic heterocycles. The highest BCUT2D eigenvalue weighted by Gasteiger charge is 2.29. The normalized spacial score (nSPS) is 14.6. The molecule has 0 radical (unpaired) electrons. The van der Waals surface area contributed by atoms with Crippen molar-refractivity contribution in [1.82, 2.24) is 4.31 Å². The monoisotopic (exact) mass is 543 g/mol. The van der Waals surface area contributed by atoms with Crippen molar-refractivity contribution in [2.45, 2.75) is 29.1 Å². The fourth-order valence-electron chi connectivity index (χ4n) is 4.12. The molecule has 0 atom stereocenters. The first-order chi connectivity index (χ1) is 17.6. The summed E-state index contributed by atoms with van der Waals surface area (Å²) in [5.74, 6) is -0.312. The van der Waals surface area contributed by atoms with Gasteiger partial charge in [-0.15, -0.1) is 0 Å². The summed E-state index contributed by atoms with van der Waals surface area (Å²) in [6.07, 6.45) is 2.58. The molecule has 1 N–H and O–H groups in total. The van der Waals surface area contributed by atoms with Gasteiger partial charge in [0, 0.05) is 31.4 Å². The molecular weight excluding hydrogens is 514 g/mol. The Morgan fingerprint density at radius 3 is 2.16 bits per heavy atom. The van der Waals surface area contributed by atoms with Gasteiger partial charge in [-0.2, -0.15) is 4.31 Å². The number of rotatable bonds is 8. The van der Waals surface area contributed by atoms with Gasteiger partial charge in [-0.3, -0.25) is 9.10 Å². The number of benzene rings is 3. The molecule has 1 amide bonds. The number of nitrogens with one attached hydrogen (secondary N) is 1. The van der Waals surface area contributed by atoms with E-state index in [9.17, 15) is 21.6 Å². The number of ether oxygens (including phenoxy) is 1. The van der Waals surface area contributed by atoms with Crippen molar-refractivity contribution in [3.05, 3.63) is 78.4 Å². The van der Waals surface area contributed by atoms with Crippen LogP contribution in [0.4, 0.5) is 11.4 Å². The second kappa shape index (κ2) is 10.9. The zero-order valence-electron chi connectivity index (χ0n) is 20.6. The fraction of sp³-hybridized carbons (Fsp3) is 0.269. The molecule has 37 heavy (non-hydrogen) atoms. The lowest BCUT2D eigenvalue weighted by molar-refractivity contribution is 0.102. The Morgan fingerprint density at radius 1 is 0.892 bits per heavy atom. The summed E-state index contributed by atoms with van der Waals surface area (Å²) in [7, 11) is -4.75. The number of sulfonamides is 2. The molecule has 3 aromatic rings. The van der Waals surface area contributed by atoms with Crippen LogP contribution in [0.3, 0.4) is 0 Å². The molecule has 196 valence electrons. The van der Waals surface area contributed by atoms with Crippen LogP contribution in [0.1, 0.15) is 29.6 Å². The quantitative estimate of drug-likeness (QED) is 0.460. The third-order valence-electron chi connectivity index (χ3n) is 6.25. The van der Waals surface area contributed by atoms with E-state index >= 15 is 0 Å². The van der Waals surface area contributed by atoms with E-state index in [-0.39, 0.29) is 26.8 Å². The maximum Gasteiger partial charge on any atom is 0.264 e. The molecule has 1 heterocycles. The van der Waals surface area contributed by atoms with Crippen LogP contribution in [0.5, 0.6) is 5.75 Å². The predicted octanol–water partition coefficient (Wildman–Crippen LogP) is 3.95. The predicted molar refractivity (Wildman–Crippen MR) is 142 cm³/mol. The molecule has 9 nitrogen and oxygen atoms in total. The fourth-order valence-corrected chi connectivity index (χ4v) is 7.01. The van der Waals surface area contributed by atoms with Crippen molar-refractivity contribution < 1.29 is 26.4 Å². The molecule has 11 heteroatoms. The van der Waals surface area contributed by atoms with Crippen LogP contribution in [-0.2, 0) is 20.0 Å². The van der Waals surface area contributed by atoms with Gasteiger partial charge in [0.15, 0.2) is 0 Å². The highest BCUT2D eigenvalue weighted by Crippen LogP contribution is 2.31. The number of amides is 1. The second-order valence-electron chi connectivity index (χ2n) is 8.62. The van der Waals surface area contributed by atoms with Crippen molar-refractivity contribution in [1.29, 1.82) is 0 Å². The van der Waals surface area contributed by atoms with E-state index in [0.717, 1.165) is 19.3 Å². The maximum atomic E-state index is 13.2. The van der Waals surface area contributed by atoms with Gasteiger partial charge in [0.05, 0.1) is 17.7 Å². The molecule has 1 fully saturated rings. The zero-order chi connectivity index (χ0) is 26.6. The summed E-state index contributed by atoms with van der Waals surface area (Å²) in [5, 5.41) is 2.69. The topological polar surface area (TPSA) is 113 Å². The number of anilines is 2. The minimum atomic E-state index is -3.82. The van der Waals surface area contributed by atoms with Crippen LogP contribution in [0.15, 0.2) is 82.6 Å². The van der Waals surface area contributed by atoms with Crippen LogP contribution < -0.4 is 14.4 Å². The lowest BCUT2D eigenvalue weighted by Crippen LogP contribution is -2.35. The minimum Gasteiger partial charge on any atom is -0.495 e. The van der Waals surface area contributed by atoms with Gasteiger partial charge in [0.1, 0.15) is 10.6 Å². The van der Waals surface area contributed by atoms with Crippen LogP contribution >= 0.6 is 0 Å². The molecule has 4 rings (SSSR count). The van der Waals surface area contributed by atoms with Crippen molar-refractivity contribution in [3.8, 4) is 5.75 Å². The molecule has 0 aliphatic carbocycles. The third-order valence-corrected chi connectivity index (χ3v) is 9.97. The van der Waals surface area contributed by atoms with E-state index in [4.69, 9.17) is 4.74 Å². The Morgan fingerprint density at radius 2 is 1.54 bits per heavy atom. The number of carbonyl (C=O) groups excluding carboxylic acids is 1. The van der Waals surface area contributed by atoms with Gasteiger partial charge in [-0.25, -0.2) is 16.8 Å². The largest absolute Gasteiger partial charge is 0.495 e. The van der Waals surface area contributed by atoms with E-state index < -0.39 is 26.0 Å². The van der Waals surface area contributed by atoms with Crippen molar-refractivity contribution in [2.24, 2.45) is 0 Å². The minimum absolute atomic E-state index is 0.0138. The first-order valence-electron chi connectivity index (χ1n) is 11.8. The van der Waals surface area contributed by atoms with Crippen LogP contribution in [0.2, 0.25) is 0 Å². The summed E-state index contributed by atoms with van der Waals surface area (Å²) in [4.78, 5) is 12.9. The number of hydrogen-bond acceptors (Lipinski definition) is 6. The highest BCUT2D eigenvalue weighted by atomic mass is 32.2. The molecule has 0 saturated carbocycles. The van der Waals surface area contributed by atoms with E-state index in [1.165, 1.54) is 59.2 Å². The van der Waals surface area contributed by atoms with Gasteiger partial charge >= 0.3 is 0 Å². The van der Waals surface area contributed by atoms with Crippen LogP contribution in [-0.4, -0.2) is 54.3 Å². The first kappa shape index (κ1) is 26.6. The number of methoxy groups -OCH3 is 1. The van der Waals surface area contributed by atoms with E-state index in [1.807, 2.05) is 0 Å².